The summed E-state index contributed by atoms with van der Waals surface area (Å²) in [6.45, 7) is 13.2. The fourth-order valence-corrected chi connectivity index (χ4v) is 3.23. The normalized spacial score (nSPS) is 12.6. The van der Waals surface area contributed by atoms with Crippen molar-refractivity contribution in [2.75, 3.05) is 0 Å². The number of carbonyl (C=O) groups excluding carboxylic acids is 1. The second kappa shape index (κ2) is 8.57. The lowest BCUT2D eigenvalue weighted by Crippen LogP contribution is -2.40. The highest BCUT2D eigenvalue weighted by molar-refractivity contribution is 6.74. The fourth-order valence-electron chi connectivity index (χ4n) is 2.19. The van der Waals surface area contributed by atoms with Crippen LogP contribution in [0.5, 0.6) is 0 Å². The third kappa shape index (κ3) is 6.10. The molecule has 3 nitrogen and oxygen atoms in total. The fraction of sp³-hybridized carbons (Fsp3) is 0.348. The average Bonchev–Trinajstić information content (AvgIpc) is 2.60. The Labute approximate surface area is 164 Å². The predicted molar refractivity (Wildman–Crippen MR) is 114 cm³/mol. The van der Waals surface area contributed by atoms with Crippen LogP contribution in [-0.2, 0) is 20.6 Å². The minimum Gasteiger partial charge on any atom is -0.543 e. The summed E-state index contributed by atoms with van der Waals surface area (Å²) in [5.41, 5.74) is 3.01. The molecule has 0 aliphatic carbocycles. The summed E-state index contributed by atoms with van der Waals surface area (Å²) < 4.78 is 11.9. The molecule has 0 atom stereocenters. The highest BCUT2D eigenvalue weighted by Gasteiger charge is 2.39. The van der Waals surface area contributed by atoms with E-state index in [1.165, 1.54) is 6.08 Å². The molecule has 0 aliphatic rings. The van der Waals surface area contributed by atoms with E-state index >= 15 is 0 Å². The Kier molecular flexibility index (Phi) is 6.66. The molecule has 0 bridgehead atoms. The minimum atomic E-state index is -2.09. The van der Waals surface area contributed by atoms with Gasteiger partial charge in [0.1, 0.15) is 12.4 Å². The van der Waals surface area contributed by atoms with Crippen molar-refractivity contribution in [3.05, 3.63) is 77.4 Å². The summed E-state index contributed by atoms with van der Waals surface area (Å²) in [6, 6.07) is 17.7. The first-order valence-corrected chi connectivity index (χ1v) is 12.2. The molecule has 0 N–H and O–H groups in total. The van der Waals surface area contributed by atoms with Gasteiger partial charge in [-0.1, -0.05) is 80.9 Å². The van der Waals surface area contributed by atoms with Gasteiger partial charge in [0, 0.05) is 5.56 Å². The van der Waals surface area contributed by atoms with Crippen LogP contribution in [0.25, 0.3) is 5.76 Å². The van der Waals surface area contributed by atoms with Crippen LogP contribution in [0.1, 0.15) is 37.5 Å². The topological polar surface area (TPSA) is 35.5 Å². The van der Waals surface area contributed by atoms with Crippen molar-refractivity contribution in [2.24, 2.45) is 0 Å². The number of rotatable bonds is 6. The number of ether oxygens (including phenoxy) is 1. The summed E-state index contributed by atoms with van der Waals surface area (Å²) in [4.78, 5) is 12.4. The van der Waals surface area contributed by atoms with Crippen LogP contribution in [0.15, 0.2) is 60.7 Å². The molecule has 0 aromatic heterocycles. The molecule has 0 spiro atoms. The van der Waals surface area contributed by atoms with Crippen LogP contribution in [-0.4, -0.2) is 14.3 Å². The van der Waals surface area contributed by atoms with Crippen LogP contribution in [0.4, 0.5) is 0 Å². The van der Waals surface area contributed by atoms with Gasteiger partial charge in [0.05, 0.1) is 6.08 Å². The van der Waals surface area contributed by atoms with Crippen molar-refractivity contribution in [3.63, 3.8) is 0 Å². The van der Waals surface area contributed by atoms with Gasteiger partial charge in [0.15, 0.2) is 0 Å². The molecule has 2 rings (SSSR count). The standard InChI is InChI=1S/C23H30O3Si/c1-18-12-14-20(15-13-18)21(26-27(5,6)23(2,3)4)16-22(24)25-17-19-10-8-7-9-11-19/h7-16H,17H2,1-6H3/b21-16-. The Morgan fingerprint density at radius 1 is 1.00 bits per heavy atom. The van der Waals surface area contributed by atoms with Gasteiger partial charge in [-0.15, -0.1) is 0 Å². The maximum atomic E-state index is 12.4. The van der Waals surface area contributed by atoms with Gasteiger partial charge in [-0.05, 0) is 30.6 Å². The third-order valence-corrected chi connectivity index (χ3v) is 9.32. The van der Waals surface area contributed by atoms with E-state index in [1.54, 1.807) is 0 Å². The molecule has 27 heavy (non-hydrogen) atoms. The van der Waals surface area contributed by atoms with Gasteiger partial charge in [0.25, 0.3) is 8.32 Å². The highest BCUT2D eigenvalue weighted by atomic mass is 28.4. The van der Waals surface area contributed by atoms with Crippen LogP contribution < -0.4 is 0 Å². The molecule has 4 heteroatoms. The van der Waals surface area contributed by atoms with Crippen LogP contribution in [0, 0.1) is 6.92 Å². The lowest BCUT2D eigenvalue weighted by molar-refractivity contribution is -0.139. The molecular weight excluding hydrogens is 352 g/mol. The van der Waals surface area contributed by atoms with Crippen molar-refractivity contribution in [1.29, 1.82) is 0 Å². The quantitative estimate of drug-likeness (QED) is 0.262. The molecule has 0 fully saturated rings. The molecule has 2 aromatic rings. The van der Waals surface area contributed by atoms with E-state index < -0.39 is 14.3 Å². The zero-order valence-electron chi connectivity index (χ0n) is 17.2. The predicted octanol–water partition coefficient (Wildman–Crippen LogP) is 6.10. The molecular formula is C23H30O3Si. The Bertz CT molecular complexity index is 785. The molecule has 2 aromatic carbocycles. The van der Waals surface area contributed by atoms with E-state index in [2.05, 4.69) is 33.9 Å². The number of carbonyl (C=O) groups is 1. The number of esters is 1. The number of hydrogen-bond acceptors (Lipinski definition) is 3. The van der Waals surface area contributed by atoms with E-state index in [4.69, 9.17) is 9.16 Å². The van der Waals surface area contributed by atoms with Gasteiger partial charge >= 0.3 is 5.97 Å². The second-order valence-electron chi connectivity index (χ2n) is 8.33. The first kappa shape index (κ1) is 21.0. The van der Waals surface area contributed by atoms with Gasteiger partial charge in [0.2, 0.25) is 0 Å². The molecule has 0 saturated heterocycles. The Morgan fingerprint density at radius 3 is 2.15 bits per heavy atom. The zero-order chi connectivity index (χ0) is 20.1. The SMILES string of the molecule is Cc1ccc(/C(=C/C(=O)OCc2ccccc2)O[Si](C)(C)C(C)(C)C)cc1. The lowest BCUT2D eigenvalue weighted by atomic mass is 10.1. The summed E-state index contributed by atoms with van der Waals surface area (Å²) in [5.74, 6) is 0.188. The highest BCUT2D eigenvalue weighted by Crippen LogP contribution is 2.39. The maximum Gasteiger partial charge on any atom is 0.334 e. The summed E-state index contributed by atoms with van der Waals surface area (Å²) in [5, 5.41) is 0.0325. The van der Waals surface area contributed by atoms with Crippen molar-refractivity contribution < 1.29 is 14.0 Å². The largest absolute Gasteiger partial charge is 0.543 e. The Morgan fingerprint density at radius 2 is 1.59 bits per heavy atom. The zero-order valence-corrected chi connectivity index (χ0v) is 18.2. The molecule has 0 amide bonds. The van der Waals surface area contributed by atoms with Gasteiger partial charge in [-0.3, -0.25) is 0 Å². The Balaban J connectivity index is 2.24. The second-order valence-corrected chi connectivity index (χ2v) is 13.1. The monoisotopic (exact) mass is 382 g/mol. The molecule has 0 unspecified atom stereocenters. The molecule has 0 aliphatic heterocycles. The minimum absolute atomic E-state index is 0.0325. The number of aryl methyl sites for hydroxylation is 1. The van der Waals surface area contributed by atoms with Crippen molar-refractivity contribution >= 4 is 20.0 Å². The first-order valence-electron chi connectivity index (χ1n) is 9.27. The maximum absolute atomic E-state index is 12.4. The Hall–Kier alpha value is -2.33. The van der Waals surface area contributed by atoms with Crippen LogP contribution in [0.3, 0.4) is 0 Å². The molecule has 0 heterocycles. The molecule has 144 valence electrons. The third-order valence-electron chi connectivity index (χ3n) is 4.98. The van der Waals surface area contributed by atoms with Crippen LogP contribution >= 0.6 is 0 Å². The van der Waals surface area contributed by atoms with Gasteiger partial charge < -0.3 is 9.16 Å². The van der Waals surface area contributed by atoms with Gasteiger partial charge in [-0.2, -0.15) is 0 Å². The van der Waals surface area contributed by atoms with E-state index in [1.807, 2.05) is 61.5 Å². The first-order chi connectivity index (χ1) is 12.6. The van der Waals surface area contributed by atoms with Crippen molar-refractivity contribution in [2.45, 2.75) is 52.4 Å². The molecule has 0 radical (unpaired) electrons. The summed E-state index contributed by atoms with van der Waals surface area (Å²) >= 11 is 0. The summed E-state index contributed by atoms with van der Waals surface area (Å²) in [7, 11) is -2.09. The van der Waals surface area contributed by atoms with E-state index in [0.29, 0.717) is 5.76 Å². The van der Waals surface area contributed by atoms with Crippen molar-refractivity contribution in [3.8, 4) is 0 Å². The summed E-state index contributed by atoms with van der Waals surface area (Å²) in [6.07, 6.45) is 1.48. The van der Waals surface area contributed by atoms with Crippen LogP contribution in [0.2, 0.25) is 18.1 Å². The van der Waals surface area contributed by atoms with E-state index in [0.717, 1.165) is 16.7 Å². The van der Waals surface area contributed by atoms with Crippen molar-refractivity contribution in [1.82, 2.24) is 0 Å². The number of hydrogen-bond donors (Lipinski definition) is 0. The smallest absolute Gasteiger partial charge is 0.334 e. The van der Waals surface area contributed by atoms with E-state index in [9.17, 15) is 4.79 Å². The van der Waals surface area contributed by atoms with E-state index in [-0.39, 0.29) is 11.6 Å². The average molecular weight is 383 g/mol. The number of benzene rings is 2. The molecule has 0 saturated carbocycles. The van der Waals surface area contributed by atoms with Gasteiger partial charge in [-0.25, -0.2) is 4.79 Å². The lowest BCUT2D eigenvalue weighted by Gasteiger charge is -2.37.